The SMILES string of the molecule is CC(=NO)C(c1ccccc1)(c1ccccc1)c1ccnc(C)c1. The number of oxime groups is 1. The number of hydrogen-bond acceptors (Lipinski definition) is 3. The molecule has 0 amide bonds. The van der Waals surface area contributed by atoms with Gasteiger partial charge in [0.05, 0.1) is 11.1 Å². The lowest BCUT2D eigenvalue weighted by molar-refractivity contribution is 0.315. The van der Waals surface area contributed by atoms with Crippen LogP contribution in [0, 0.1) is 6.92 Å². The van der Waals surface area contributed by atoms with E-state index in [4.69, 9.17) is 0 Å². The monoisotopic (exact) mass is 316 g/mol. The first-order valence-electron chi connectivity index (χ1n) is 7.93. The average Bonchev–Trinajstić information content (AvgIpc) is 2.64. The second-order valence-electron chi connectivity index (χ2n) is 5.85. The van der Waals surface area contributed by atoms with E-state index in [2.05, 4.69) is 40.5 Å². The first kappa shape index (κ1) is 15.9. The van der Waals surface area contributed by atoms with Crippen LogP contribution >= 0.6 is 0 Å². The molecule has 24 heavy (non-hydrogen) atoms. The van der Waals surface area contributed by atoms with E-state index in [1.54, 1.807) is 6.20 Å². The van der Waals surface area contributed by atoms with Crippen LogP contribution in [0.1, 0.15) is 29.3 Å². The maximum absolute atomic E-state index is 9.70. The minimum Gasteiger partial charge on any atom is -0.411 e. The lowest BCUT2D eigenvalue weighted by atomic mass is 9.66. The molecule has 0 saturated heterocycles. The summed E-state index contributed by atoms with van der Waals surface area (Å²) in [6.07, 6.45) is 1.80. The van der Waals surface area contributed by atoms with Gasteiger partial charge in [0.2, 0.25) is 0 Å². The zero-order valence-corrected chi connectivity index (χ0v) is 13.8. The maximum Gasteiger partial charge on any atom is 0.0866 e. The summed E-state index contributed by atoms with van der Waals surface area (Å²) in [5.74, 6) is 0. The third-order valence-corrected chi connectivity index (χ3v) is 4.44. The molecule has 0 fully saturated rings. The molecule has 0 aliphatic rings. The highest BCUT2D eigenvalue weighted by atomic mass is 16.4. The smallest absolute Gasteiger partial charge is 0.0866 e. The third kappa shape index (κ3) is 2.58. The fraction of sp³-hybridized carbons (Fsp3) is 0.143. The quantitative estimate of drug-likeness (QED) is 0.435. The predicted octanol–water partition coefficient (Wildman–Crippen LogP) is 4.57. The molecule has 0 saturated carbocycles. The minimum atomic E-state index is -0.662. The van der Waals surface area contributed by atoms with Crippen molar-refractivity contribution in [2.75, 3.05) is 0 Å². The summed E-state index contributed by atoms with van der Waals surface area (Å²) in [6.45, 7) is 3.82. The zero-order chi connectivity index (χ0) is 17.0. The van der Waals surface area contributed by atoms with Crippen molar-refractivity contribution in [3.63, 3.8) is 0 Å². The molecule has 3 aromatic rings. The van der Waals surface area contributed by atoms with Gasteiger partial charge in [-0.1, -0.05) is 65.8 Å². The van der Waals surface area contributed by atoms with Gasteiger partial charge in [0.15, 0.2) is 0 Å². The fourth-order valence-corrected chi connectivity index (χ4v) is 3.36. The molecule has 0 aliphatic heterocycles. The van der Waals surface area contributed by atoms with E-state index in [0.29, 0.717) is 5.71 Å². The molecule has 0 bridgehead atoms. The molecule has 0 radical (unpaired) electrons. The molecular weight excluding hydrogens is 296 g/mol. The number of pyridine rings is 1. The highest BCUT2D eigenvalue weighted by molar-refractivity contribution is 5.99. The predicted molar refractivity (Wildman–Crippen MR) is 96.6 cm³/mol. The number of benzene rings is 2. The summed E-state index contributed by atoms with van der Waals surface area (Å²) in [5.41, 5.74) is 4.02. The largest absolute Gasteiger partial charge is 0.411 e. The van der Waals surface area contributed by atoms with Crippen molar-refractivity contribution in [2.45, 2.75) is 19.3 Å². The Bertz CT molecular complexity index is 802. The maximum atomic E-state index is 9.70. The van der Waals surface area contributed by atoms with E-state index >= 15 is 0 Å². The van der Waals surface area contributed by atoms with Gasteiger partial charge in [-0.05, 0) is 42.7 Å². The zero-order valence-electron chi connectivity index (χ0n) is 13.8. The summed E-state index contributed by atoms with van der Waals surface area (Å²) < 4.78 is 0. The van der Waals surface area contributed by atoms with E-state index in [0.717, 1.165) is 22.4 Å². The topological polar surface area (TPSA) is 45.5 Å². The Balaban J connectivity index is 2.42. The van der Waals surface area contributed by atoms with Crippen LogP contribution < -0.4 is 0 Å². The molecule has 0 unspecified atom stereocenters. The standard InChI is InChI=1S/C21H20N2O/c1-16-15-20(13-14-22-16)21(17(2)23-24,18-9-5-3-6-10-18)19-11-7-4-8-12-19/h3-15,24H,1-2H3. The van der Waals surface area contributed by atoms with Gasteiger partial charge in [-0.25, -0.2) is 0 Å². The van der Waals surface area contributed by atoms with Crippen LogP contribution in [0.2, 0.25) is 0 Å². The van der Waals surface area contributed by atoms with Gasteiger partial charge in [0, 0.05) is 11.9 Å². The third-order valence-electron chi connectivity index (χ3n) is 4.44. The second-order valence-corrected chi connectivity index (χ2v) is 5.85. The van der Waals surface area contributed by atoms with Crippen LogP contribution in [0.15, 0.2) is 84.1 Å². The van der Waals surface area contributed by atoms with Crippen molar-refractivity contribution in [1.29, 1.82) is 0 Å². The van der Waals surface area contributed by atoms with Gasteiger partial charge >= 0.3 is 0 Å². The van der Waals surface area contributed by atoms with Crippen molar-refractivity contribution in [3.8, 4) is 0 Å². The van der Waals surface area contributed by atoms with Crippen LogP contribution in [-0.2, 0) is 5.41 Å². The minimum absolute atomic E-state index is 0.616. The van der Waals surface area contributed by atoms with Crippen molar-refractivity contribution in [3.05, 3.63) is 101 Å². The van der Waals surface area contributed by atoms with Crippen molar-refractivity contribution < 1.29 is 5.21 Å². The van der Waals surface area contributed by atoms with Crippen molar-refractivity contribution >= 4 is 5.71 Å². The molecule has 120 valence electrons. The molecule has 0 spiro atoms. The van der Waals surface area contributed by atoms with E-state index < -0.39 is 5.41 Å². The number of aromatic nitrogens is 1. The van der Waals surface area contributed by atoms with Crippen LogP contribution in [0.5, 0.6) is 0 Å². The van der Waals surface area contributed by atoms with Gasteiger partial charge in [-0.2, -0.15) is 0 Å². The van der Waals surface area contributed by atoms with Crippen LogP contribution in [-0.4, -0.2) is 15.9 Å². The van der Waals surface area contributed by atoms with Crippen molar-refractivity contribution in [1.82, 2.24) is 4.98 Å². The second kappa shape index (κ2) is 6.67. The van der Waals surface area contributed by atoms with E-state index in [1.165, 1.54) is 0 Å². The number of nitrogens with zero attached hydrogens (tertiary/aromatic N) is 2. The van der Waals surface area contributed by atoms with Crippen LogP contribution in [0.4, 0.5) is 0 Å². The average molecular weight is 316 g/mol. The van der Waals surface area contributed by atoms with Gasteiger partial charge in [-0.15, -0.1) is 0 Å². The number of rotatable bonds is 4. The Kier molecular flexibility index (Phi) is 4.43. The number of hydrogen-bond donors (Lipinski definition) is 1. The molecular formula is C21H20N2O. The van der Waals surface area contributed by atoms with E-state index in [9.17, 15) is 5.21 Å². The molecule has 0 atom stereocenters. The summed E-state index contributed by atoms with van der Waals surface area (Å²) in [7, 11) is 0. The highest BCUT2D eigenvalue weighted by Crippen LogP contribution is 2.40. The van der Waals surface area contributed by atoms with Gasteiger partial charge < -0.3 is 5.21 Å². The molecule has 3 heteroatoms. The molecule has 1 N–H and O–H groups in total. The summed E-state index contributed by atoms with van der Waals surface area (Å²) in [5, 5.41) is 13.3. The Morgan fingerprint density at radius 2 is 1.42 bits per heavy atom. The van der Waals surface area contributed by atoms with Gasteiger partial charge in [0.25, 0.3) is 0 Å². The molecule has 2 aromatic carbocycles. The Hall–Kier alpha value is -2.94. The number of aryl methyl sites for hydroxylation is 1. The molecule has 1 aromatic heterocycles. The molecule has 0 aliphatic carbocycles. The van der Waals surface area contributed by atoms with Gasteiger partial charge in [0.1, 0.15) is 0 Å². The normalized spacial score (nSPS) is 12.2. The Labute approximate surface area is 142 Å². The van der Waals surface area contributed by atoms with Gasteiger partial charge in [-0.3, -0.25) is 4.98 Å². The first-order chi connectivity index (χ1) is 11.7. The van der Waals surface area contributed by atoms with E-state index in [-0.39, 0.29) is 0 Å². The lowest BCUT2D eigenvalue weighted by Gasteiger charge is -2.35. The summed E-state index contributed by atoms with van der Waals surface area (Å²) >= 11 is 0. The van der Waals surface area contributed by atoms with E-state index in [1.807, 2.05) is 56.3 Å². The molecule has 1 heterocycles. The Morgan fingerprint density at radius 1 is 0.875 bits per heavy atom. The van der Waals surface area contributed by atoms with Crippen LogP contribution in [0.3, 0.4) is 0 Å². The molecule has 3 rings (SSSR count). The fourth-order valence-electron chi connectivity index (χ4n) is 3.36. The molecule has 3 nitrogen and oxygen atoms in total. The summed E-state index contributed by atoms with van der Waals surface area (Å²) in [6, 6.07) is 24.3. The van der Waals surface area contributed by atoms with Crippen molar-refractivity contribution in [2.24, 2.45) is 5.16 Å². The summed E-state index contributed by atoms with van der Waals surface area (Å²) in [4.78, 5) is 4.32. The highest BCUT2D eigenvalue weighted by Gasteiger charge is 2.40. The van der Waals surface area contributed by atoms with Crippen LogP contribution in [0.25, 0.3) is 0 Å². The first-order valence-corrected chi connectivity index (χ1v) is 7.93. The lowest BCUT2D eigenvalue weighted by Crippen LogP contribution is -2.37. The Morgan fingerprint density at radius 3 is 1.88 bits per heavy atom.